The lowest BCUT2D eigenvalue weighted by Crippen LogP contribution is -2.52. The van der Waals surface area contributed by atoms with E-state index in [0.717, 1.165) is 29.0 Å². The molecule has 0 saturated heterocycles. The highest BCUT2D eigenvalue weighted by atomic mass is 16.6. The van der Waals surface area contributed by atoms with E-state index in [1.807, 2.05) is 42.5 Å². The second-order valence-corrected chi connectivity index (χ2v) is 12.9. The maximum atomic E-state index is 13.4. The standard InChI is InChI=1S/C32H42N2O4/c1-21(37-20-22-8-6-5-7-9-22)28(34-30(36)38-31(2,3)4)29(35)33-27-12-10-26(11-13-27)32-17-23-14-24(18-32)16-25(15-23)19-32/h5-13,21,23-25,28H,14-20H2,1-4H3,(H,33,35)(H,34,36)/t21-,23?,24?,25?,28-,32?/m1/s1. The summed E-state index contributed by atoms with van der Waals surface area (Å²) in [7, 11) is 0. The quantitative estimate of drug-likeness (QED) is 0.413. The van der Waals surface area contributed by atoms with Gasteiger partial charge in [-0.25, -0.2) is 4.79 Å². The molecule has 0 aliphatic heterocycles. The van der Waals surface area contributed by atoms with Crippen molar-refractivity contribution in [3.63, 3.8) is 0 Å². The lowest BCUT2D eigenvalue weighted by Gasteiger charge is -2.57. The van der Waals surface area contributed by atoms with Crippen LogP contribution in [0.25, 0.3) is 0 Å². The molecule has 4 aliphatic rings. The first-order chi connectivity index (χ1) is 18.1. The van der Waals surface area contributed by atoms with Gasteiger partial charge >= 0.3 is 6.09 Å². The number of carbonyl (C=O) groups is 2. The minimum atomic E-state index is -0.920. The first-order valence-corrected chi connectivity index (χ1v) is 14.1. The Balaban J connectivity index is 1.26. The van der Waals surface area contributed by atoms with Gasteiger partial charge in [-0.2, -0.15) is 0 Å². The highest BCUT2D eigenvalue weighted by Gasteiger charge is 2.51. The lowest BCUT2D eigenvalue weighted by molar-refractivity contribution is -0.122. The summed E-state index contributed by atoms with van der Waals surface area (Å²) in [5.74, 6) is 2.33. The van der Waals surface area contributed by atoms with Crippen LogP contribution in [-0.4, -0.2) is 29.7 Å². The van der Waals surface area contributed by atoms with E-state index in [2.05, 4.69) is 22.8 Å². The molecule has 2 amide bonds. The first kappa shape index (κ1) is 26.7. The van der Waals surface area contributed by atoms with Gasteiger partial charge in [-0.15, -0.1) is 0 Å². The number of anilines is 1. The van der Waals surface area contributed by atoms with E-state index < -0.39 is 23.8 Å². The monoisotopic (exact) mass is 518 g/mol. The van der Waals surface area contributed by atoms with Gasteiger partial charge in [0.1, 0.15) is 11.6 Å². The summed E-state index contributed by atoms with van der Waals surface area (Å²) in [6.45, 7) is 7.51. The summed E-state index contributed by atoms with van der Waals surface area (Å²) in [6, 6.07) is 17.3. The molecule has 4 aliphatic carbocycles. The van der Waals surface area contributed by atoms with Crippen LogP contribution in [0.1, 0.15) is 77.3 Å². The van der Waals surface area contributed by atoms with Crippen molar-refractivity contribution in [2.45, 2.75) is 96.0 Å². The second kappa shape index (κ2) is 10.7. The zero-order valence-electron chi connectivity index (χ0n) is 23.2. The topological polar surface area (TPSA) is 76.7 Å². The zero-order chi connectivity index (χ0) is 26.9. The molecule has 2 aromatic carbocycles. The summed E-state index contributed by atoms with van der Waals surface area (Å²) < 4.78 is 11.4. The minimum absolute atomic E-state index is 0.317. The molecule has 6 nitrogen and oxygen atoms in total. The van der Waals surface area contributed by atoms with Crippen LogP contribution in [0.2, 0.25) is 0 Å². The van der Waals surface area contributed by atoms with Crippen LogP contribution in [0.4, 0.5) is 10.5 Å². The molecule has 204 valence electrons. The fraction of sp³-hybridized carbons (Fsp3) is 0.562. The van der Waals surface area contributed by atoms with Gasteiger partial charge in [-0.3, -0.25) is 4.79 Å². The molecule has 2 atom stereocenters. The third kappa shape index (κ3) is 6.23. The predicted octanol–water partition coefficient (Wildman–Crippen LogP) is 6.59. The molecule has 0 spiro atoms. The van der Waals surface area contributed by atoms with Crippen LogP contribution < -0.4 is 10.6 Å². The van der Waals surface area contributed by atoms with Gasteiger partial charge in [0.05, 0.1) is 12.7 Å². The van der Waals surface area contributed by atoms with Crippen molar-refractivity contribution in [2.24, 2.45) is 17.8 Å². The van der Waals surface area contributed by atoms with Gasteiger partial charge in [0.15, 0.2) is 0 Å². The zero-order valence-corrected chi connectivity index (χ0v) is 23.2. The van der Waals surface area contributed by atoms with E-state index in [0.29, 0.717) is 12.0 Å². The summed E-state index contributed by atoms with van der Waals surface area (Å²) in [4.78, 5) is 26.0. The van der Waals surface area contributed by atoms with Crippen LogP contribution in [0.3, 0.4) is 0 Å². The van der Waals surface area contributed by atoms with Gasteiger partial charge in [-0.05, 0) is 113 Å². The summed E-state index contributed by atoms with van der Waals surface area (Å²) in [6.07, 6.45) is 6.96. The van der Waals surface area contributed by atoms with E-state index in [1.54, 1.807) is 27.7 Å². The van der Waals surface area contributed by atoms with Crippen LogP contribution in [-0.2, 0) is 26.3 Å². The Morgan fingerprint density at radius 3 is 2.05 bits per heavy atom. The highest BCUT2D eigenvalue weighted by molar-refractivity contribution is 5.97. The molecule has 0 heterocycles. The lowest BCUT2D eigenvalue weighted by atomic mass is 9.48. The molecule has 38 heavy (non-hydrogen) atoms. The summed E-state index contributed by atoms with van der Waals surface area (Å²) >= 11 is 0. The number of carbonyl (C=O) groups excluding carboxylic acids is 2. The van der Waals surface area contributed by atoms with Gasteiger partial charge in [0, 0.05) is 5.69 Å². The third-order valence-corrected chi connectivity index (χ3v) is 8.58. The van der Waals surface area contributed by atoms with Crippen molar-refractivity contribution in [1.82, 2.24) is 5.32 Å². The average molecular weight is 519 g/mol. The van der Waals surface area contributed by atoms with Crippen molar-refractivity contribution in [3.8, 4) is 0 Å². The van der Waals surface area contributed by atoms with E-state index in [-0.39, 0.29) is 5.91 Å². The number of rotatable bonds is 8. The molecule has 6 rings (SSSR count). The highest BCUT2D eigenvalue weighted by Crippen LogP contribution is 2.60. The Labute approximate surface area is 226 Å². The summed E-state index contributed by atoms with van der Waals surface area (Å²) in [5, 5.41) is 5.73. The van der Waals surface area contributed by atoms with Crippen LogP contribution in [0.15, 0.2) is 54.6 Å². The van der Waals surface area contributed by atoms with Crippen molar-refractivity contribution in [2.75, 3.05) is 5.32 Å². The summed E-state index contributed by atoms with van der Waals surface area (Å²) in [5.41, 5.74) is 2.77. The Kier molecular flexibility index (Phi) is 7.54. The average Bonchev–Trinajstić information content (AvgIpc) is 2.85. The van der Waals surface area contributed by atoms with Gasteiger partial charge in [0.2, 0.25) is 5.91 Å². The Bertz CT molecular complexity index is 1090. The Hall–Kier alpha value is -2.86. The fourth-order valence-corrected chi connectivity index (χ4v) is 7.32. The van der Waals surface area contributed by atoms with Gasteiger partial charge in [0.25, 0.3) is 0 Å². The number of alkyl carbamates (subject to hydrolysis) is 1. The van der Waals surface area contributed by atoms with Crippen molar-refractivity contribution < 1.29 is 19.1 Å². The molecule has 0 aromatic heterocycles. The molecule has 2 aromatic rings. The number of benzene rings is 2. The maximum absolute atomic E-state index is 13.4. The molecule has 4 fully saturated rings. The minimum Gasteiger partial charge on any atom is -0.444 e. The third-order valence-electron chi connectivity index (χ3n) is 8.58. The van der Waals surface area contributed by atoms with E-state index in [4.69, 9.17) is 9.47 Å². The van der Waals surface area contributed by atoms with Crippen LogP contribution in [0.5, 0.6) is 0 Å². The van der Waals surface area contributed by atoms with Gasteiger partial charge < -0.3 is 20.1 Å². The molecule has 4 saturated carbocycles. The smallest absolute Gasteiger partial charge is 0.408 e. The molecular weight excluding hydrogens is 476 g/mol. The second-order valence-electron chi connectivity index (χ2n) is 12.9. The molecule has 4 bridgehead atoms. The molecule has 0 radical (unpaired) electrons. The Morgan fingerprint density at radius 2 is 1.50 bits per heavy atom. The van der Waals surface area contributed by atoms with Gasteiger partial charge in [-0.1, -0.05) is 42.5 Å². The molecular formula is C32H42N2O4. The Morgan fingerprint density at radius 1 is 0.921 bits per heavy atom. The SMILES string of the molecule is C[C@@H](OCc1ccccc1)[C@@H](NC(=O)OC(C)(C)C)C(=O)Nc1ccc(C23CC4CC(CC(C4)C2)C3)cc1. The van der Waals surface area contributed by atoms with Crippen molar-refractivity contribution >= 4 is 17.7 Å². The number of amides is 2. The largest absolute Gasteiger partial charge is 0.444 e. The van der Waals surface area contributed by atoms with Crippen molar-refractivity contribution in [3.05, 3.63) is 65.7 Å². The number of nitrogens with one attached hydrogen (secondary N) is 2. The normalized spacial score (nSPS) is 27.4. The van der Waals surface area contributed by atoms with E-state index in [1.165, 1.54) is 44.1 Å². The maximum Gasteiger partial charge on any atom is 0.408 e. The number of hydrogen-bond acceptors (Lipinski definition) is 4. The fourth-order valence-electron chi connectivity index (χ4n) is 7.32. The first-order valence-electron chi connectivity index (χ1n) is 14.1. The number of hydrogen-bond donors (Lipinski definition) is 2. The van der Waals surface area contributed by atoms with Crippen LogP contribution >= 0.6 is 0 Å². The van der Waals surface area contributed by atoms with Crippen molar-refractivity contribution in [1.29, 1.82) is 0 Å². The van der Waals surface area contributed by atoms with Crippen LogP contribution in [0, 0.1) is 17.8 Å². The van der Waals surface area contributed by atoms with E-state index in [9.17, 15) is 9.59 Å². The number of ether oxygens (including phenoxy) is 2. The van der Waals surface area contributed by atoms with E-state index >= 15 is 0 Å². The predicted molar refractivity (Wildman–Crippen MR) is 149 cm³/mol. The molecule has 2 N–H and O–H groups in total. The molecule has 0 unspecified atom stereocenters. The molecule has 6 heteroatoms.